The van der Waals surface area contributed by atoms with Crippen LogP contribution in [0.5, 0.6) is 0 Å². The van der Waals surface area contributed by atoms with Gasteiger partial charge in [-0.05, 0) is 32.4 Å². The number of carbonyl (C=O) groups is 1. The van der Waals surface area contributed by atoms with Crippen molar-refractivity contribution in [1.82, 2.24) is 9.97 Å². The van der Waals surface area contributed by atoms with Gasteiger partial charge < -0.3 is 4.74 Å². The molecule has 0 aliphatic rings. The normalized spacial score (nSPS) is 10.7. The molecule has 0 atom stereocenters. The average Bonchev–Trinajstić information content (AvgIpc) is 2.46. The minimum Gasteiger partial charge on any atom is -0.459 e. The third-order valence-electron chi connectivity index (χ3n) is 2.93. The molecular weight excluding hydrogens is 288 g/mol. The average molecular weight is 305 g/mol. The molecule has 5 heteroatoms. The zero-order valence-corrected chi connectivity index (χ0v) is 13.0. The van der Waals surface area contributed by atoms with Gasteiger partial charge in [-0.25, -0.2) is 9.78 Å². The molecular formula is C16H17ClN2O2. The first-order valence-corrected chi connectivity index (χ1v) is 7.21. The van der Waals surface area contributed by atoms with Gasteiger partial charge in [-0.3, -0.25) is 4.98 Å². The second-order valence-corrected chi connectivity index (χ2v) is 5.23. The van der Waals surface area contributed by atoms with Gasteiger partial charge in [-0.15, -0.1) is 0 Å². The summed E-state index contributed by atoms with van der Waals surface area (Å²) >= 11 is 6.12. The molecule has 2 rings (SSSR count). The minimum absolute atomic E-state index is 0.171. The zero-order chi connectivity index (χ0) is 15.4. The molecule has 110 valence electrons. The lowest BCUT2D eigenvalue weighted by molar-refractivity contribution is 0.0377. The summed E-state index contributed by atoms with van der Waals surface area (Å²) in [6.45, 7) is 5.58. The van der Waals surface area contributed by atoms with Crippen molar-refractivity contribution in [2.24, 2.45) is 0 Å². The molecule has 0 aromatic carbocycles. The van der Waals surface area contributed by atoms with Gasteiger partial charge >= 0.3 is 5.97 Å². The summed E-state index contributed by atoms with van der Waals surface area (Å²) in [7, 11) is 0. The van der Waals surface area contributed by atoms with Crippen molar-refractivity contribution in [2.45, 2.75) is 33.3 Å². The van der Waals surface area contributed by atoms with Crippen LogP contribution < -0.4 is 0 Å². The number of halogens is 1. The van der Waals surface area contributed by atoms with Gasteiger partial charge in [0.15, 0.2) is 0 Å². The van der Waals surface area contributed by atoms with Gasteiger partial charge in [-0.2, -0.15) is 0 Å². The largest absolute Gasteiger partial charge is 0.459 e. The summed E-state index contributed by atoms with van der Waals surface area (Å²) in [5.74, 6) is -0.463. The van der Waals surface area contributed by atoms with Crippen LogP contribution >= 0.6 is 11.6 Å². The molecule has 0 bridgehead atoms. The molecule has 2 aromatic heterocycles. The number of hydrogen-bond acceptors (Lipinski definition) is 4. The monoisotopic (exact) mass is 304 g/mol. The standard InChI is InChI=1S/C16H17ClN2O2/c1-4-14-12(11-6-5-7-18-9-11)8-13(15(17)19-14)16(20)21-10(2)3/h5-10H,4H2,1-3H3. The highest BCUT2D eigenvalue weighted by molar-refractivity contribution is 6.32. The van der Waals surface area contributed by atoms with Crippen molar-refractivity contribution in [3.63, 3.8) is 0 Å². The van der Waals surface area contributed by atoms with Crippen LogP contribution in [-0.2, 0) is 11.2 Å². The molecule has 0 saturated carbocycles. The van der Waals surface area contributed by atoms with E-state index in [-0.39, 0.29) is 16.8 Å². The Morgan fingerprint density at radius 3 is 2.76 bits per heavy atom. The molecule has 0 aliphatic heterocycles. The maximum Gasteiger partial charge on any atom is 0.341 e. The summed E-state index contributed by atoms with van der Waals surface area (Å²) in [5, 5.41) is 0.171. The van der Waals surface area contributed by atoms with E-state index in [4.69, 9.17) is 16.3 Å². The smallest absolute Gasteiger partial charge is 0.341 e. The van der Waals surface area contributed by atoms with Gasteiger partial charge in [0, 0.05) is 29.2 Å². The predicted octanol–water partition coefficient (Wildman–Crippen LogP) is 3.92. The molecule has 4 nitrogen and oxygen atoms in total. The Labute approximate surface area is 129 Å². The molecule has 0 spiro atoms. The fourth-order valence-electron chi connectivity index (χ4n) is 1.99. The highest BCUT2D eigenvalue weighted by atomic mass is 35.5. The first-order chi connectivity index (χ1) is 10.0. The molecule has 0 radical (unpaired) electrons. The van der Waals surface area contributed by atoms with E-state index in [0.29, 0.717) is 6.42 Å². The number of hydrogen-bond donors (Lipinski definition) is 0. The Morgan fingerprint density at radius 2 is 2.19 bits per heavy atom. The van der Waals surface area contributed by atoms with Crippen LogP contribution in [0.1, 0.15) is 36.8 Å². The predicted molar refractivity (Wildman–Crippen MR) is 82.4 cm³/mol. The molecule has 0 unspecified atom stereocenters. The van der Waals surface area contributed by atoms with E-state index < -0.39 is 5.97 Å². The van der Waals surface area contributed by atoms with Gasteiger partial charge in [0.25, 0.3) is 0 Å². The fourth-order valence-corrected chi connectivity index (χ4v) is 2.22. The molecule has 21 heavy (non-hydrogen) atoms. The lowest BCUT2D eigenvalue weighted by atomic mass is 10.0. The Bertz CT molecular complexity index is 642. The third-order valence-corrected chi connectivity index (χ3v) is 3.21. The molecule has 0 amide bonds. The molecule has 0 saturated heterocycles. The van der Waals surface area contributed by atoms with Gasteiger partial charge in [0.2, 0.25) is 0 Å². The summed E-state index contributed by atoms with van der Waals surface area (Å²) in [6.07, 6.45) is 3.94. The number of aryl methyl sites for hydroxylation is 1. The first kappa shape index (κ1) is 15.4. The lowest BCUT2D eigenvalue weighted by Gasteiger charge is -2.13. The van der Waals surface area contributed by atoms with Crippen LogP contribution in [0.3, 0.4) is 0 Å². The SMILES string of the molecule is CCc1nc(Cl)c(C(=O)OC(C)C)cc1-c1cccnc1. The van der Waals surface area contributed by atoms with E-state index in [1.165, 1.54) is 0 Å². The van der Waals surface area contributed by atoms with Crippen molar-refractivity contribution in [1.29, 1.82) is 0 Å². The van der Waals surface area contributed by atoms with Crippen molar-refractivity contribution in [2.75, 3.05) is 0 Å². The number of esters is 1. The van der Waals surface area contributed by atoms with Gasteiger partial charge in [-0.1, -0.05) is 24.6 Å². The molecule has 0 N–H and O–H groups in total. The first-order valence-electron chi connectivity index (χ1n) is 6.83. The van der Waals surface area contributed by atoms with Crippen molar-refractivity contribution >= 4 is 17.6 Å². The Kier molecular flexibility index (Phi) is 4.91. The van der Waals surface area contributed by atoms with Crippen molar-refractivity contribution in [3.8, 4) is 11.1 Å². The summed E-state index contributed by atoms with van der Waals surface area (Å²) in [6, 6.07) is 5.50. The third kappa shape index (κ3) is 3.58. The van der Waals surface area contributed by atoms with Crippen LogP contribution in [-0.4, -0.2) is 22.0 Å². The Balaban J connectivity index is 2.52. The maximum absolute atomic E-state index is 12.1. The molecule has 2 aromatic rings. The number of carbonyl (C=O) groups excluding carboxylic acids is 1. The van der Waals surface area contributed by atoms with Crippen LogP contribution in [0.2, 0.25) is 5.15 Å². The summed E-state index contributed by atoms with van der Waals surface area (Å²) in [5.41, 5.74) is 2.86. The van der Waals surface area contributed by atoms with E-state index in [0.717, 1.165) is 16.8 Å². The fraction of sp³-hybridized carbons (Fsp3) is 0.312. The highest BCUT2D eigenvalue weighted by Crippen LogP contribution is 2.27. The van der Waals surface area contributed by atoms with Crippen LogP contribution in [0, 0.1) is 0 Å². The number of aromatic nitrogens is 2. The number of ether oxygens (including phenoxy) is 1. The van der Waals surface area contributed by atoms with E-state index >= 15 is 0 Å². The number of rotatable bonds is 4. The number of pyridine rings is 2. The van der Waals surface area contributed by atoms with E-state index in [1.54, 1.807) is 32.3 Å². The molecule has 2 heterocycles. The highest BCUT2D eigenvalue weighted by Gasteiger charge is 2.18. The summed E-state index contributed by atoms with van der Waals surface area (Å²) < 4.78 is 5.20. The second kappa shape index (κ2) is 6.68. The topological polar surface area (TPSA) is 52.1 Å². The minimum atomic E-state index is -0.463. The number of nitrogens with zero attached hydrogens (tertiary/aromatic N) is 2. The van der Waals surface area contributed by atoms with E-state index in [2.05, 4.69) is 9.97 Å². The summed E-state index contributed by atoms with van der Waals surface area (Å²) in [4.78, 5) is 20.5. The molecule has 0 fully saturated rings. The Hall–Kier alpha value is -1.94. The quantitative estimate of drug-likeness (QED) is 0.634. The van der Waals surface area contributed by atoms with Gasteiger partial charge in [0.05, 0.1) is 11.7 Å². The van der Waals surface area contributed by atoms with E-state index in [9.17, 15) is 4.79 Å². The zero-order valence-electron chi connectivity index (χ0n) is 12.3. The second-order valence-electron chi connectivity index (χ2n) is 4.87. The van der Waals surface area contributed by atoms with E-state index in [1.807, 2.05) is 19.1 Å². The lowest BCUT2D eigenvalue weighted by Crippen LogP contribution is -2.13. The van der Waals surface area contributed by atoms with Crippen LogP contribution in [0.25, 0.3) is 11.1 Å². The van der Waals surface area contributed by atoms with Crippen molar-refractivity contribution < 1.29 is 9.53 Å². The molecule has 0 aliphatic carbocycles. The van der Waals surface area contributed by atoms with Crippen LogP contribution in [0.15, 0.2) is 30.6 Å². The Morgan fingerprint density at radius 1 is 1.43 bits per heavy atom. The maximum atomic E-state index is 12.1. The van der Waals surface area contributed by atoms with Gasteiger partial charge in [0.1, 0.15) is 5.15 Å². The van der Waals surface area contributed by atoms with Crippen LogP contribution in [0.4, 0.5) is 0 Å². The van der Waals surface area contributed by atoms with Crippen molar-refractivity contribution in [3.05, 3.63) is 47.0 Å².